The summed E-state index contributed by atoms with van der Waals surface area (Å²) in [5.41, 5.74) is 0. The van der Waals surface area contributed by atoms with Gasteiger partial charge in [0.05, 0.1) is 6.61 Å². The molecule has 0 aliphatic carbocycles. The zero-order chi connectivity index (χ0) is 9.07. The van der Waals surface area contributed by atoms with E-state index in [2.05, 4.69) is 4.52 Å². The van der Waals surface area contributed by atoms with E-state index in [1.807, 2.05) is 20.8 Å². The minimum atomic E-state index is -3.76. The SMILES string of the molecule is CC(C)C(C)COP(C)(=O)F. The molecule has 0 amide bonds. The second kappa shape index (κ2) is 4.22. The maximum absolute atomic E-state index is 12.3. The predicted molar refractivity (Wildman–Crippen MR) is 44.6 cm³/mol. The molecule has 0 aliphatic rings. The average molecular weight is 182 g/mol. The Kier molecular flexibility index (Phi) is 4.27. The zero-order valence-corrected chi connectivity index (χ0v) is 8.40. The van der Waals surface area contributed by atoms with Crippen molar-refractivity contribution in [2.45, 2.75) is 20.8 Å². The lowest BCUT2D eigenvalue weighted by molar-refractivity contribution is 0.213. The van der Waals surface area contributed by atoms with Crippen LogP contribution in [0.4, 0.5) is 4.20 Å². The number of halogens is 1. The van der Waals surface area contributed by atoms with Gasteiger partial charge in [-0.2, -0.15) is 4.20 Å². The molecule has 0 aliphatic heterocycles. The van der Waals surface area contributed by atoms with E-state index in [1.165, 1.54) is 0 Å². The molecule has 0 saturated carbocycles. The van der Waals surface area contributed by atoms with Gasteiger partial charge >= 0.3 is 7.68 Å². The maximum Gasteiger partial charge on any atom is 0.364 e. The molecule has 0 fully saturated rings. The summed E-state index contributed by atoms with van der Waals surface area (Å²) in [6.45, 7) is 7.21. The van der Waals surface area contributed by atoms with Gasteiger partial charge in [0.15, 0.2) is 0 Å². The van der Waals surface area contributed by atoms with Crippen LogP contribution < -0.4 is 0 Å². The molecule has 2 atom stereocenters. The maximum atomic E-state index is 12.3. The van der Waals surface area contributed by atoms with E-state index in [-0.39, 0.29) is 12.5 Å². The highest BCUT2D eigenvalue weighted by atomic mass is 31.2. The molecule has 0 bridgehead atoms. The summed E-state index contributed by atoms with van der Waals surface area (Å²) < 4.78 is 27.3. The summed E-state index contributed by atoms with van der Waals surface area (Å²) >= 11 is 0. The zero-order valence-electron chi connectivity index (χ0n) is 7.50. The summed E-state index contributed by atoms with van der Waals surface area (Å²) in [5.74, 6) is 0.681. The van der Waals surface area contributed by atoms with E-state index in [4.69, 9.17) is 0 Å². The number of hydrogen-bond acceptors (Lipinski definition) is 2. The molecule has 0 aromatic carbocycles. The molecule has 2 unspecified atom stereocenters. The van der Waals surface area contributed by atoms with Crippen molar-refractivity contribution < 1.29 is 13.3 Å². The summed E-state index contributed by atoms with van der Waals surface area (Å²) in [7, 11) is -3.76. The lowest BCUT2D eigenvalue weighted by atomic mass is 10.00. The van der Waals surface area contributed by atoms with Crippen LogP contribution in [0.2, 0.25) is 0 Å². The lowest BCUT2D eigenvalue weighted by Crippen LogP contribution is -2.10. The Balaban J connectivity index is 3.63. The molecule has 4 heteroatoms. The largest absolute Gasteiger partial charge is 0.364 e. The second-order valence-corrected chi connectivity index (χ2v) is 5.02. The quantitative estimate of drug-likeness (QED) is 0.624. The Bertz CT molecular complexity index is 153. The van der Waals surface area contributed by atoms with Crippen LogP contribution in [0.15, 0.2) is 0 Å². The van der Waals surface area contributed by atoms with Crippen molar-refractivity contribution in [3.05, 3.63) is 0 Å². The van der Waals surface area contributed by atoms with Gasteiger partial charge in [-0.1, -0.05) is 20.8 Å². The van der Waals surface area contributed by atoms with Crippen LogP contribution in [0.5, 0.6) is 0 Å². The van der Waals surface area contributed by atoms with E-state index >= 15 is 0 Å². The van der Waals surface area contributed by atoms with Crippen molar-refractivity contribution in [1.82, 2.24) is 0 Å². The minimum Gasteiger partial charge on any atom is -0.305 e. The van der Waals surface area contributed by atoms with Gasteiger partial charge in [0.25, 0.3) is 0 Å². The Morgan fingerprint density at radius 1 is 1.45 bits per heavy atom. The van der Waals surface area contributed by atoms with Gasteiger partial charge in [-0.15, -0.1) is 0 Å². The number of rotatable bonds is 4. The monoisotopic (exact) mass is 182 g/mol. The van der Waals surface area contributed by atoms with Gasteiger partial charge in [0.2, 0.25) is 0 Å². The van der Waals surface area contributed by atoms with Gasteiger partial charge in [0, 0.05) is 6.66 Å². The van der Waals surface area contributed by atoms with Crippen molar-refractivity contribution in [3.63, 3.8) is 0 Å². The Morgan fingerprint density at radius 2 is 1.91 bits per heavy atom. The van der Waals surface area contributed by atoms with Crippen molar-refractivity contribution in [2.75, 3.05) is 13.3 Å². The predicted octanol–water partition coefficient (Wildman–Crippen LogP) is 3.09. The Labute approximate surface area is 67.7 Å². The van der Waals surface area contributed by atoms with E-state index < -0.39 is 7.68 Å². The third-order valence-electron chi connectivity index (χ3n) is 1.71. The summed E-state index contributed by atoms with van der Waals surface area (Å²) in [6.07, 6.45) is 0. The van der Waals surface area contributed by atoms with Crippen LogP contribution in [0, 0.1) is 11.8 Å². The summed E-state index contributed by atoms with van der Waals surface area (Å²) in [4.78, 5) is 0. The summed E-state index contributed by atoms with van der Waals surface area (Å²) in [6, 6.07) is 0. The van der Waals surface area contributed by atoms with Gasteiger partial charge in [-0.05, 0) is 11.8 Å². The van der Waals surface area contributed by atoms with Gasteiger partial charge in [0.1, 0.15) is 0 Å². The molecule has 0 N–H and O–H groups in total. The molecule has 68 valence electrons. The highest BCUT2D eigenvalue weighted by molar-refractivity contribution is 7.52. The molecule has 0 heterocycles. The van der Waals surface area contributed by atoms with Crippen LogP contribution in [0.1, 0.15) is 20.8 Å². The van der Waals surface area contributed by atoms with Crippen molar-refractivity contribution in [1.29, 1.82) is 0 Å². The minimum absolute atomic E-state index is 0.238. The summed E-state index contributed by atoms with van der Waals surface area (Å²) in [5, 5.41) is 0. The van der Waals surface area contributed by atoms with Crippen molar-refractivity contribution in [2.24, 2.45) is 11.8 Å². The normalized spacial score (nSPS) is 19.8. The smallest absolute Gasteiger partial charge is 0.305 e. The third kappa shape index (κ3) is 6.52. The molecular formula is C7H16FO2P. The Hall–Kier alpha value is 0.120. The van der Waals surface area contributed by atoms with Gasteiger partial charge in [-0.25, -0.2) is 0 Å². The highest BCUT2D eigenvalue weighted by Crippen LogP contribution is 2.44. The third-order valence-corrected chi connectivity index (χ3v) is 2.32. The lowest BCUT2D eigenvalue weighted by Gasteiger charge is -2.15. The molecule has 0 rings (SSSR count). The topological polar surface area (TPSA) is 26.3 Å². The molecule has 0 aromatic rings. The molecule has 0 saturated heterocycles. The highest BCUT2D eigenvalue weighted by Gasteiger charge is 2.16. The van der Waals surface area contributed by atoms with Gasteiger partial charge < -0.3 is 4.52 Å². The van der Waals surface area contributed by atoms with E-state index in [0.717, 1.165) is 6.66 Å². The number of hydrogen-bond donors (Lipinski definition) is 0. The van der Waals surface area contributed by atoms with E-state index in [1.54, 1.807) is 0 Å². The van der Waals surface area contributed by atoms with Crippen molar-refractivity contribution >= 4 is 7.68 Å². The first-order chi connectivity index (χ1) is 4.83. The van der Waals surface area contributed by atoms with Gasteiger partial charge in [-0.3, -0.25) is 4.57 Å². The first-order valence-corrected chi connectivity index (χ1v) is 5.71. The van der Waals surface area contributed by atoms with E-state index in [9.17, 15) is 8.76 Å². The fraction of sp³-hybridized carbons (Fsp3) is 1.00. The van der Waals surface area contributed by atoms with E-state index in [0.29, 0.717) is 5.92 Å². The van der Waals surface area contributed by atoms with Crippen LogP contribution in [0.25, 0.3) is 0 Å². The van der Waals surface area contributed by atoms with Crippen LogP contribution >= 0.6 is 7.68 Å². The molecule has 0 spiro atoms. The van der Waals surface area contributed by atoms with Crippen LogP contribution in [-0.4, -0.2) is 13.3 Å². The first-order valence-electron chi connectivity index (χ1n) is 3.74. The molecule has 0 radical (unpaired) electrons. The molecule has 2 nitrogen and oxygen atoms in total. The second-order valence-electron chi connectivity index (χ2n) is 3.26. The fourth-order valence-corrected chi connectivity index (χ4v) is 0.945. The molecule has 11 heavy (non-hydrogen) atoms. The fourth-order valence-electron chi connectivity index (χ4n) is 0.443. The van der Waals surface area contributed by atoms with Crippen molar-refractivity contribution in [3.8, 4) is 0 Å². The standard InChI is InChI=1S/C7H16FO2P/c1-6(2)7(3)5-10-11(4,8)9/h6-7H,5H2,1-4H3. The van der Waals surface area contributed by atoms with Crippen LogP contribution in [-0.2, 0) is 9.09 Å². The Morgan fingerprint density at radius 3 is 2.18 bits per heavy atom. The average Bonchev–Trinajstić information content (AvgIpc) is 1.80. The molecular weight excluding hydrogens is 166 g/mol. The van der Waals surface area contributed by atoms with Crippen LogP contribution in [0.3, 0.4) is 0 Å². The molecule has 0 aromatic heterocycles. The first kappa shape index (κ1) is 11.1.